The van der Waals surface area contributed by atoms with Crippen molar-refractivity contribution in [3.8, 4) is 0 Å². The van der Waals surface area contributed by atoms with Crippen LogP contribution < -0.4 is 5.73 Å². The predicted octanol–water partition coefficient (Wildman–Crippen LogP) is 2.61. The zero-order valence-corrected chi connectivity index (χ0v) is 13.0. The third-order valence-electron chi connectivity index (χ3n) is 4.65. The molecule has 0 unspecified atom stereocenters. The summed E-state index contributed by atoms with van der Waals surface area (Å²) in [5.41, 5.74) is 7.41. The first-order chi connectivity index (χ1) is 10.2. The van der Waals surface area contributed by atoms with Gasteiger partial charge in [-0.25, -0.2) is 4.39 Å². The maximum absolute atomic E-state index is 13.1. The summed E-state index contributed by atoms with van der Waals surface area (Å²) in [4.78, 5) is 6.83. The molecule has 1 aliphatic carbocycles. The zero-order chi connectivity index (χ0) is 14.7. The lowest BCUT2D eigenvalue weighted by Crippen LogP contribution is -2.44. The third-order valence-corrected chi connectivity index (χ3v) is 5.59. The van der Waals surface area contributed by atoms with Gasteiger partial charge in [-0.2, -0.15) is 11.8 Å². The largest absolute Gasteiger partial charge is 0.370 e. The van der Waals surface area contributed by atoms with Crippen LogP contribution in [0, 0.1) is 5.82 Å². The van der Waals surface area contributed by atoms with E-state index in [2.05, 4.69) is 9.89 Å². The Morgan fingerprint density at radius 2 is 1.90 bits per heavy atom. The van der Waals surface area contributed by atoms with Crippen molar-refractivity contribution in [2.24, 2.45) is 10.7 Å². The number of benzene rings is 1. The van der Waals surface area contributed by atoms with Crippen LogP contribution in [0.4, 0.5) is 4.39 Å². The maximum Gasteiger partial charge on any atom is 0.191 e. The molecule has 1 aliphatic heterocycles. The lowest BCUT2D eigenvalue weighted by molar-refractivity contribution is 0.252. The average Bonchev–Trinajstić information content (AvgIpc) is 2.48. The van der Waals surface area contributed by atoms with E-state index >= 15 is 0 Å². The molecule has 1 heterocycles. The highest BCUT2D eigenvalue weighted by Crippen LogP contribution is 2.44. The molecule has 0 amide bonds. The first-order valence-electron chi connectivity index (χ1n) is 7.58. The van der Waals surface area contributed by atoms with Crippen LogP contribution in [0.3, 0.4) is 0 Å². The van der Waals surface area contributed by atoms with Crippen molar-refractivity contribution in [3.05, 3.63) is 35.6 Å². The number of aliphatic imine (C=N–C) groups is 1. The molecular weight excluding hydrogens is 285 g/mol. The second-order valence-electron chi connectivity index (χ2n) is 5.91. The van der Waals surface area contributed by atoms with E-state index in [1.54, 1.807) is 12.1 Å². The summed E-state index contributed by atoms with van der Waals surface area (Å²) >= 11 is 1.97. The number of nitrogens with two attached hydrogens (primary N) is 1. The van der Waals surface area contributed by atoms with Crippen molar-refractivity contribution in [2.45, 2.75) is 24.7 Å². The maximum atomic E-state index is 13.1. The van der Waals surface area contributed by atoms with E-state index in [0.29, 0.717) is 12.5 Å². The summed E-state index contributed by atoms with van der Waals surface area (Å²) in [6.45, 7) is 2.70. The minimum atomic E-state index is -0.179. The molecule has 3 rings (SSSR count). The number of thioether (sulfide) groups is 1. The van der Waals surface area contributed by atoms with E-state index in [1.165, 1.54) is 12.0 Å². The van der Waals surface area contributed by atoms with Crippen molar-refractivity contribution < 1.29 is 4.39 Å². The second kappa shape index (κ2) is 6.26. The first kappa shape index (κ1) is 14.7. The molecule has 1 saturated carbocycles. The van der Waals surface area contributed by atoms with Gasteiger partial charge in [0, 0.05) is 30.0 Å². The molecule has 3 nitrogen and oxygen atoms in total. The zero-order valence-electron chi connectivity index (χ0n) is 12.2. The predicted molar refractivity (Wildman–Crippen MR) is 87.3 cm³/mol. The molecule has 5 heteroatoms. The quantitative estimate of drug-likeness (QED) is 0.689. The Labute approximate surface area is 129 Å². The SMILES string of the molecule is NC(=NCC1(c2ccc(F)cc2)CCC1)N1CCSCC1. The summed E-state index contributed by atoms with van der Waals surface area (Å²) in [6.07, 6.45) is 3.45. The molecule has 21 heavy (non-hydrogen) atoms. The number of nitrogens with zero attached hydrogens (tertiary/aromatic N) is 2. The van der Waals surface area contributed by atoms with Crippen LogP contribution in [0.15, 0.2) is 29.3 Å². The van der Waals surface area contributed by atoms with Crippen LogP contribution in [0.5, 0.6) is 0 Å². The van der Waals surface area contributed by atoms with Gasteiger partial charge in [0.15, 0.2) is 5.96 Å². The van der Waals surface area contributed by atoms with Crippen LogP contribution in [-0.4, -0.2) is 42.0 Å². The lowest BCUT2D eigenvalue weighted by atomic mass is 9.64. The second-order valence-corrected chi connectivity index (χ2v) is 7.14. The van der Waals surface area contributed by atoms with Crippen LogP contribution in [-0.2, 0) is 5.41 Å². The Bertz CT molecular complexity index is 505. The van der Waals surface area contributed by atoms with Crippen molar-refractivity contribution in [2.75, 3.05) is 31.1 Å². The molecule has 2 N–H and O–H groups in total. The number of guanidine groups is 1. The molecule has 0 radical (unpaired) electrons. The smallest absolute Gasteiger partial charge is 0.191 e. The summed E-state index contributed by atoms with van der Waals surface area (Å²) in [5, 5.41) is 0. The van der Waals surface area contributed by atoms with Gasteiger partial charge < -0.3 is 10.6 Å². The molecule has 2 fully saturated rings. The highest BCUT2D eigenvalue weighted by atomic mass is 32.2. The van der Waals surface area contributed by atoms with Crippen molar-refractivity contribution in [1.29, 1.82) is 0 Å². The van der Waals surface area contributed by atoms with E-state index in [0.717, 1.165) is 37.4 Å². The highest BCUT2D eigenvalue weighted by molar-refractivity contribution is 7.99. The molecule has 0 aromatic heterocycles. The summed E-state index contributed by atoms with van der Waals surface area (Å²) in [5.74, 6) is 2.74. The van der Waals surface area contributed by atoms with E-state index in [1.807, 2.05) is 23.9 Å². The standard InChI is InChI=1S/C16H22FN3S/c17-14-4-2-13(3-5-14)16(6-1-7-16)12-19-15(18)20-8-10-21-11-9-20/h2-5H,1,6-12H2,(H2,18,19). The molecule has 2 aliphatic rings. The van der Waals surface area contributed by atoms with Gasteiger partial charge in [0.2, 0.25) is 0 Å². The first-order valence-corrected chi connectivity index (χ1v) is 8.74. The Hall–Kier alpha value is -1.23. The fourth-order valence-electron chi connectivity index (χ4n) is 3.07. The van der Waals surface area contributed by atoms with Gasteiger partial charge in [0.05, 0.1) is 6.54 Å². The molecular formula is C16H22FN3S. The fraction of sp³-hybridized carbons (Fsp3) is 0.562. The van der Waals surface area contributed by atoms with E-state index in [4.69, 9.17) is 5.73 Å². The van der Waals surface area contributed by atoms with Crippen LogP contribution in [0.2, 0.25) is 0 Å². The van der Waals surface area contributed by atoms with Crippen molar-refractivity contribution in [3.63, 3.8) is 0 Å². The van der Waals surface area contributed by atoms with Crippen LogP contribution >= 0.6 is 11.8 Å². The minimum Gasteiger partial charge on any atom is -0.370 e. The van der Waals surface area contributed by atoms with Crippen molar-refractivity contribution in [1.82, 2.24) is 4.90 Å². The summed E-state index contributed by atoms with van der Waals surface area (Å²) in [6, 6.07) is 6.89. The Morgan fingerprint density at radius 1 is 1.24 bits per heavy atom. The average molecular weight is 307 g/mol. The summed E-state index contributed by atoms with van der Waals surface area (Å²) < 4.78 is 13.1. The molecule has 0 atom stereocenters. The van der Waals surface area contributed by atoms with Gasteiger partial charge in [0.25, 0.3) is 0 Å². The highest BCUT2D eigenvalue weighted by Gasteiger charge is 2.38. The van der Waals surface area contributed by atoms with Gasteiger partial charge >= 0.3 is 0 Å². The van der Waals surface area contributed by atoms with E-state index < -0.39 is 0 Å². The van der Waals surface area contributed by atoms with Crippen LogP contribution in [0.25, 0.3) is 0 Å². The van der Waals surface area contributed by atoms with Crippen molar-refractivity contribution >= 4 is 17.7 Å². The molecule has 1 aromatic rings. The number of halogens is 1. The Kier molecular flexibility index (Phi) is 4.38. The molecule has 0 spiro atoms. The molecule has 114 valence electrons. The number of rotatable bonds is 3. The topological polar surface area (TPSA) is 41.6 Å². The number of hydrogen-bond donors (Lipinski definition) is 1. The van der Waals surface area contributed by atoms with Crippen LogP contribution in [0.1, 0.15) is 24.8 Å². The lowest BCUT2D eigenvalue weighted by Gasteiger charge is -2.41. The molecule has 1 aromatic carbocycles. The minimum absolute atomic E-state index is 0.0723. The normalized spacial score (nSPS) is 22.0. The Morgan fingerprint density at radius 3 is 2.48 bits per heavy atom. The van der Waals surface area contributed by atoms with E-state index in [-0.39, 0.29) is 11.2 Å². The number of hydrogen-bond acceptors (Lipinski definition) is 2. The van der Waals surface area contributed by atoms with Gasteiger partial charge in [-0.1, -0.05) is 18.6 Å². The molecule has 0 bridgehead atoms. The monoisotopic (exact) mass is 307 g/mol. The van der Waals surface area contributed by atoms with Gasteiger partial charge in [0.1, 0.15) is 5.82 Å². The van der Waals surface area contributed by atoms with Gasteiger partial charge in [-0.05, 0) is 30.5 Å². The van der Waals surface area contributed by atoms with Gasteiger partial charge in [-0.15, -0.1) is 0 Å². The van der Waals surface area contributed by atoms with E-state index in [9.17, 15) is 4.39 Å². The summed E-state index contributed by atoms with van der Waals surface area (Å²) in [7, 11) is 0. The Balaban J connectivity index is 1.70. The third kappa shape index (κ3) is 3.18. The van der Waals surface area contributed by atoms with Gasteiger partial charge in [-0.3, -0.25) is 4.99 Å². The fourth-order valence-corrected chi connectivity index (χ4v) is 3.97. The molecule has 1 saturated heterocycles.